The Labute approximate surface area is 169 Å². The van der Waals surface area contributed by atoms with Gasteiger partial charge in [-0.05, 0) is 44.7 Å². The first kappa shape index (κ1) is 18.8. The number of hydrogen-bond donors (Lipinski definition) is 1. The molecule has 1 aliphatic carbocycles. The smallest absolute Gasteiger partial charge is 0.292 e. The molecule has 2 aromatic heterocycles. The molecule has 28 heavy (non-hydrogen) atoms. The number of carbonyl (C=O) groups is 1. The molecule has 1 atom stereocenters. The highest BCUT2D eigenvalue weighted by atomic mass is 32.2. The molecule has 2 heterocycles. The van der Waals surface area contributed by atoms with E-state index in [4.69, 9.17) is 0 Å². The van der Waals surface area contributed by atoms with Gasteiger partial charge in [0.1, 0.15) is 21.4 Å². The van der Waals surface area contributed by atoms with Crippen LogP contribution in [0.5, 0.6) is 0 Å². The molecular formula is C19H18N4O3S2. The molecule has 1 amide bonds. The number of para-hydroxylation sites is 2. The number of hydrogen-bond acceptors (Lipinski definition) is 7. The number of nitro benzene ring substituents is 1. The summed E-state index contributed by atoms with van der Waals surface area (Å²) in [5.74, 6) is 0.386. The van der Waals surface area contributed by atoms with Crippen LogP contribution in [0.1, 0.15) is 29.6 Å². The minimum Gasteiger partial charge on any atom is -0.319 e. The second-order valence-corrected chi connectivity index (χ2v) is 9.05. The zero-order valence-corrected chi connectivity index (χ0v) is 17.0. The molecule has 0 fully saturated rings. The van der Waals surface area contributed by atoms with Gasteiger partial charge in [0.05, 0.1) is 10.2 Å². The summed E-state index contributed by atoms with van der Waals surface area (Å²) in [7, 11) is 0. The number of aromatic nitrogens is 2. The number of nitrogens with zero attached hydrogens (tertiary/aromatic N) is 3. The molecule has 3 aromatic rings. The Morgan fingerprint density at radius 2 is 2.11 bits per heavy atom. The molecule has 0 radical (unpaired) electrons. The summed E-state index contributed by atoms with van der Waals surface area (Å²) in [5, 5.41) is 15.3. The van der Waals surface area contributed by atoms with Gasteiger partial charge in [-0.15, -0.1) is 11.3 Å². The van der Waals surface area contributed by atoms with Crippen molar-refractivity contribution in [1.82, 2.24) is 9.97 Å². The summed E-state index contributed by atoms with van der Waals surface area (Å²) < 4.78 is 0. The maximum Gasteiger partial charge on any atom is 0.292 e. The highest BCUT2D eigenvalue weighted by Crippen LogP contribution is 2.41. The van der Waals surface area contributed by atoms with Gasteiger partial charge in [0.15, 0.2) is 0 Å². The predicted octanol–water partition coefficient (Wildman–Crippen LogP) is 4.52. The van der Waals surface area contributed by atoms with Crippen LogP contribution in [0.3, 0.4) is 0 Å². The van der Waals surface area contributed by atoms with Crippen LogP contribution < -0.4 is 5.32 Å². The van der Waals surface area contributed by atoms with E-state index >= 15 is 0 Å². The summed E-state index contributed by atoms with van der Waals surface area (Å²) in [6, 6.07) is 6.14. The Morgan fingerprint density at radius 1 is 1.32 bits per heavy atom. The molecule has 9 heteroatoms. The highest BCUT2D eigenvalue weighted by Gasteiger charge is 2.25. The van der Waals surface area contributed by atoms with Gasteiger partial charge >= 0.3 is 0 Å². The van der Waals surface area contributed by atoms with Gasteiger partial charge in [0.25, 0.3) is 5.69 Å². The largest absolute Gasteiger partial charge is 0.319 e. The monoisotopic (exact) mass is 414 g/mol. The lowest BCUT2D eigenvalue weighted by Gasteiger charge is -2.13. The fourth-order valence-corrected chi connectivity index (χ4v) is 5.74. The van der Waals surface area contributed by atoms with E-state index in [2.05, 4.69) is 15.3 Å². The van der Waals surface area contributed by atoms with Crippen LogP contribution >= 0.6 is 23.1 Å². The van der Waals surface area contributed by atoms with Crippen LogP contribution in [-0.4, -0.2) is 26.0 Å². The van der Waals surface area contributed by atoms with Crippen molar-refractivity contribution in [1.29, 1.82) is 0 Å². The fourth-order valence-electron chi connectivity index (χ4n) is 3.34. The first-order chi connectivity index (χ1) is 13.4. The first-order valence-electron chi connectivity index (χ1n) is 8.94. The molecule has 0 aliphatic heterocycles. The number of anilines is 1. The number of aryl methyl sites for hydroxylation is 3. The molecular weight excluding hydrogens is 396 g/mol. The third-order valence-electron chi connectivity index (χ3n) is 4.66. The van der Waals surface area contributed by atoms with Crippen LogP contribution in [0.2, 0.25) is 0 Å². The Bertz CT molecular complexity index is 1100. The predicted molar refractivity (Wildman–Crippen MR) is 111 cm³/mol. The van der Waals surface area contributed by atoms with E-state index in [1.54, 1.807) is 30.4 Å². The second-order valence-electron chi connectivity index (χ2n) is 6.64. The van der Waals surface area contributed by atoms with Crippen molar-refractivity contribution in [3.05, 3.63) is 50.6 Å². The summed E-state index contributed by atoms with van der Waals surface area (Å²) in [5.41, 5.74) is 1.39. The van der Waals surface area contributed by atoms with Gasteiger partial charge in [-0.1, -0.05) is 23.9 Å². The van der Waals surface area contributed by atoms with Crippen molar-refractivity contribution in [2.24, 2.45) is 0 Å². The molecule has 0 saturated heterocycles. The van der Waals surface area contributed by atoms with Gasteiger partial charge in [-0.2, -0.15) is 0 Å². The highest BCUT2D eigenvalue weighted by molar-refractivity contribution is 8.00. The topological polar surface area (TPSA) is 98.0 Å². The van der Waals surface area contributed by atoms with Crippen molar-refractivity contribution in [3.63, 3.8) is 0 Å². The van der Waals surface area contributed by atoms with Crippen molar-refractivity contribution in [3.8, 4) is 0 Å². The Balaban J connectivity index is 1.60. The van der Waals surface area contributed by atoms with Crippen LogP contribution in [-0.2, 0) is 17.6 Å². The molecule has 0 saturated carbocycles. The van der Waals surface area contributed by atoms with Gasteiger partial charge in [-0.3, -0.25) is 14.9 Å². The third kappa shape index (κ3) is 3.47. The quantitative estimate of drug-likeness (QED) is 0.285. The number of thiophene rings is 1. The number of amides is 1. The molecule has 144 valence electrons. The zero-order chi connectivity index (χ0) is 19.8. The molecule has 4 rings (SSSR count). The third-order valence-corrected chi connectivity index (χ3v) is 6.93. The Hall–Kier alpha value is -2.52. The second kappa shape index (κ2) is 7.48. The normalized spacial score (nSPS) is 14.1. The molecule has 0 unspecified atom stereocenters. The van der Waals surface area contributed by atoms with E-state index in [9.17, 15) is 14.9 Å². The molecule has 7 nitrogen and oxygen atoms in total. The molecule has 0 spiro atoms. The lowest BCUT2D eigenvalue weighted by Crippen LogP contribution is -2.23. The van der Waals surface area contributed by atoms with Crippen LogP contribution in [0.15, 0.2) is 29.3 Å². The van der Waals surface area contributed by atoms with Crippen molar-refractivity contribution in [2.75, 3.05) is 5.32 Å². The fraction of sp³-hybridized carbons (Fsp3) is 0.316. The molecule has 1 N–H and O–H groups in total. The average molecular weight is 415 g/mol. The number of fused-ring (bicyclic) bond motifs is 3. The number of nitrogens with one attached hydrogen (secondary N) is 1. The van der Waals surface area contributed by atoms with Gasteiger partial charge in [0, 0.05) is 16.3 Å². The SMILES string of the molecule is Cc1nc(S[C@@H](C)C(=O)Nc2ccccc2[N+](=O)[O-])c2c3c(sc2n1)CCC3. The number of nitro groups is 1. The molecule has 1 aliphatic rings. The van der Waals surface area contributed by atoms with Crippen molar-refractivity contribution >= 4 is 50.6 Å². The lowest BCUT2D eigenvalue weighted by atomic mass is 10.2. The minimum atomic E-state index is -0.501. The van der Waals surface area contributed by atoms with E-state index in [0.29, 0.717) is 5.82 Å². The summed E-state index contributed by atoms with van der Waals surface area (Å²) in [6.07, 6.45) is 3.24. The first-order valence-corrected chi connectivity index (χ1v) is 10.6. The molecule has 1 aromatic carbocycles. The average Bonchev–Trinajstić information content (AvgIpc) is 3.22. The van der Waals surface area contributed by atoms with E-state index < -0.39 is 10.2 Å². The number of thioether (sulfide) groups is 1. The summed E-state index contributed by atoms with van der Waals surface area (Å²) in [4.78, 5) is 34.9. The number of carbonyl (C=O) groups excluding carboxylic acids is 1. The molecule has 0 bridgehead atoms. The van der Waals surface area contributed by atoms with E-state index in [0.717, 1.165) is 34.5 Å². The van der Waals surface area contributed by atoms with Crippen LogP contribution in [0, 0.1) is 17.0 Å². The van der Waals surface area contributed by atoms with Crippen LogP contribution in [0.25, 0.3) is 10.2 Å². The maximum absolute atomic E-state index is 12.7. The van der Waals surface area contributed by atoms with E-state index in [-0.39, 0.29) is 17.3 Å². The van der Waals surface area contributed by atoms with E-state index in [1.807, 2.05) is 6.92 Å². The minimum absolute atomic E-state index is 0.121. The van der Waals surface area contributed by atoms with Crippen molar-refractivity contribution < 1.29 is 9.72 Å². The van der Waals surface area contributed by atoms with E-state index in [1.165, 1.54) is 34.3 Å². The van der Waals surface area contributed by atoms with Gasteiger partial charge < -0.3 is 5.32 Å². The van der Waals surface area contributed by atoms with Crippen LogP contribution in [0.4, 0.5) is 11.4 Å². The number of rotatable bonds is 5. The van der Waals surface area contributed by atoms with Gasteiger partial charge in [0.2, 0.25) is 5.91 Å². The lowest BCUT2D eigenvalue weighted by molar-refractivity contribution is -0.383. The Morgan fingerprint density at radius 3 is 2.89 bits per heavy atom. The zero-order valence-electron chi connectivity index (χ0n) is 15.4. The Kier molecular flexibility index (Phi) is 5.03. The van der Waals surface area contributed by atoms with Crippen molar-refractivity contribution in [2.45, 2.75) is 43.4 Å². The summed E-state index contributed by atoms with van der Waals surface area (Å²) >= 11 is 3.09. The summed E-state index contributed by atoms with van der Waals surface area (Å²) in [6.45, 7) is 3.64. The number of benzene rings is 1. The maximum atomic E-state index is 12.7. The standard InChI is InChI=1S/C19H18N4O3S2/c1-10(17(24)22-13-7-3-4-8-14(13)23(25)26)27-18-16-12-6-5-9-15(12)28-19(16)21-11(2)20-18/h3-4,7-8,10H,5-6,9H2,1-2H3,(H,22,24)/t10-/m0/s1. The van der Waals surface area contributed by atoms with Gasteiger partial charge in [-0.25, -0.2) is 9.97 Å².